The molecule has 0 aliphatic heterocycles. The Hall–Kier alpha value is -1.94. The smallest absolute Gasteiger partial charge is 0.744 e. The first-order chi connectivity index (χ1) is 19.7. The molecule has 1 aromatic rings. The fourth-order valence-electron chi connectivity index (χ4n) is 3.48. The Morgan fingerprint density at radius 3 is 1.09 bits per heavy atom. The van der Waals surface area contributed by atoms with Crippen molar-refractivity contribution in [2.75, 3.05) is 0 Å². The van der Waals surface area contributed by atoms with E-state index in [0.29, 0.717) is 0 Å². The van der Waals surface area contributed by atoms with E-state index in [1.807, 2.05) is 0 Å². The Kier molecular flexibility index (Phi) is 11.9. The second kappa shape index (κ2) is 12.4. The molecule has 0 fully saturated rings. The molecule has 47 heavy (non-hydrogen) atoms. The maximum Gasteiger partial charge on any atom is 1.00 e. The molecule has 0 spiro atoms. The van der Waals surface area contributed by atoms with Crippen molar-refractivity contribution >= 4 is 10.1 Å². The Balaban J connectivity index is 0.0000212. The SMILES string of the molecule is O=S(=O)([O-])c1ccc(O/C(F)=C(\C(F)(C(F)(F)F)C(F)(F)C(F)(F)F)C(C(F)(F)F)(C(F)(F)C(F)(F)F)C(F)(F)C(F)(F)F)cc1.[Na+]. The summed E-state index contributed by atoms with van der Waals surface area (Å²) in [6.45, 7) is 0. The zero-order valence-corrected chi connectivity index (χ0v) is 23.9. The predicted molar refractivity (Wildman–Crippen MR) is 94.6 cm³/mol. The van der Waals surface area contributed by atoms with Crippen molar-refractivity contribution < 1.29 is 148 Å². The zero-order valence-electron chi connectivity index (χ0n) is 21.0. The van der Waals surface area contributed by atoms with Crippen molar-refractivity contribution in [2.24, 2.45) is 5.41 Å². The van der Waals surface area contributed by atoms with Crippen LogP contribution < -0.4 is 34.3 Å². The van der Waals surface area contributed by atoms with E-state index >= 15 is 8.78 Å². The summed E-state index contributed by atoms with van der Waals surface area (Å²) < 4.78 is 352. The van der Waals surface area contributed by atoms with Crippen LogP contribution in [0.3, 0.4) is 0 Å². The van der Waals surface area contributed by atoms with Crippen molar-refractivity contribution in [1.82, 2.24) is 0 Å². The molecule has 0 radical (unpaired) electrons. The van der Waals surface area contributed by atoms with Crippen LogP contribution in [0.4, 0.5) is 101 Å². The van der Waals surface area contributed by atoms with Crippen LogP contribution >= 0.6 is 0 Å². The molecule has 1 aromatic carbocycles. The second-order valence-electron chi connectivity index (χ2n) is 8.30. The van der Waals surface area contributed by atoms with Crippen molar-refractivity contribution in [3.63, 3.8) is 0 Å². The molecule has 4 nitrogen and oxygen atoms in total. The molecular weight excluding hydrogens is 772 g/mol. The van der Waals surface area contributed by atoms with Crippen LogP contribution in [-0.4, -0.2) is 67.3 Å². The van der Waals surface area contributed by atoms with Gasteiger partial charge >= 0.3 is 83.9 Å². The number of allylic oxidation sites excluding steroid dienone is 1. The van der Waals surface area contributed by atoms with E-state index < -0.39 is 104 Å². The predicted octanol–water partition coefficient (Wildman–Crippen LogP) is 5.57. The van der Waals surface area contributed by atoms with Crippen LogP contribution in [0.15, 0.2) is 40.7 Å². The molecule has 0 heterocycles. The number of ether oxygens (including phenoxy) is 1. The van der Waals surface area contributed by atoms with Crippen molar-refractivity contribution in [2.45, 2.75) is 59.2 Å². The van der Waals surface area contributed by atoms with E-state index in [1.165, 1.54) is 0 Å². The van der Waals surface area contributed by atoms with Gasteiger partial charge in [-0.05, 0) is 24.3 Å². The molecule has 1 unspecified atom stereocenters. The Morgan fingerprint density at radius 2 is 0.851 bits per heavy atom. The maximum atomic E-state index is 15.3. The van der Waals surface area contributed by atoms with Crippen LogP contribution in [-0.2, 0) is 10.1 Å². The molecule has 29 heteroatoms. The fourth-order valence-corrected chi connectivity index (χ4v) is 3.95. The molecule has 0 amide bonds. The molecule has 0 saturated carbocycles. The third-order valence-electron chi connectivity index (χ3n) is 5.49. The first kappa shape index (κ1) is 45.1. The van der Waals surface area contributed by atoms with Crippen molar-refractivity contribution in [3.05, 3.63) is 35.9 Å². The third-order valence-corrected chi connectivity index (χ3v) is 6.34. The molecule has 0 bridgehead atoms. The van der Waals surface area contributed by atoms with Crippen LogP contribution in [0.1, 0.15) is 0 Å². The van der Waals surface area contributed by atoms with Gasteiger partial charge in [-0.25, -0.2) is 12.8 Å². The summed E-state index contributed by atoms with van der Waals surface area (Å²) >= 11 is 0. The van der Waals surface area contributed by atoms with E-state index in [1.54, 1.807) is 0 Å². The molecule has 0 N–H and O–H groups in total. The Bertz CT molecular complexity index is 1390. The van der Waals surface area contributed by atoms with Gasteiger partial charge in [0.2, 0.25) is 5.41 Å². The number of hydrogen-bond donors (Lipinski definition) is 0. The van der Waals surface area contributed by atoms with Crippen LogP contribution in [0.25, 0.3) is 0 Å². The third kappa shape index (κ3) is 6.93. The summed E-state index contributed by atoms with van der Waals surface area (Å²) in [5, 5.41) is 0. The van der Waals surface area contributed by atoms with Crippen LogP contribution in [0.5, 0.6) is 5.75 Å². The Morgan fingerprint density at radius 1 is 0.532 bits per heavy atom. The fraction of sp³-hybridized carbons (Fsp3) is 0.556. The standard InChI is InChI=1S/C18H5F23O4S.Na/c19-8(45-5-1-3-6(4-2-5)46(42,43)44)7(10(20,15(30,31)32)13(25,26)18(39,40)41)9(14(27,28)29,11(21,22)16(33,34)35)12(23,24)17(36,37)38;/h1-4H,(H,42,43,44);/q;+1/p-1/b8-7-;. The number of hydrogen-bond acceptors (Lipinski definition) is 4. The van der Waals surface area contributed by atoms with Gasteiger partial charge in [0.15, 0.2) is 0 Å². The molecular formula is C18H4F23NaO4S. The normalized spacial score (nSPS) is 17.0. The molecule has 0 aromatic heterocycles. The molecule has 268 valence electrons. The number of halogens is 23. The molecule has 0 saturated heterocycles. The average molecular weight is 776 g/mol. The summed E-state index contributed by atoms with van der Waals surface area (Å²) in [7, 11) is -5.70. The summed E-state index contributed by atoms with van der Waals surface area (Å²) in [6, 6.07) is -7.20. The first-order valence-corrected chi connectivity index (χ1v) is 11.4. The minimum atomic E-state index is -9.84. The zero-order chi connectivity index (χ0) is 37.3. The topological polar surface area (TPSA) is 66.4 Å². The van der Waals surface area contributed by atoms with Gasteiger partial charge in [0.1, 0.15) is 15.9 Å². The average Bonchev–Trinajstić information content (AvgIpc) is 2.77. The number of alkyl halides is 22. The van der Waals surface area contributed by atoms with E-state index in [4.69, 9.17) is 0 Å². The van der Waals surface area contributed by atoms with E-state index in [0.717, 1.165) is 0 Å². The monoisotopic (exact) mass is 776 g/mol. The molecule has 1 atom stereocenters. The summed E-state index contributed by atoms with van der Waals surface area (Å²) in [6.07, 6.45) is -44.8. The maximum absolute atomic E-state index is 15.3. The van der Waals surface area contributed by atoms with Crippen LogP contribution in [0, 0.1) is 5.41 Å². The first-order valence-electron chi connectivity index (χ1n) is 10.0. The van der Waals surface area contributed by atoms with Gasteiger partial charge in [0, 0.05) is 0 Å². The van der Waals surface area contributed by atoms with Gasteiger partial charge in [0.25, 0.3) is 6.01 Å². The van der Waals surface area contributed by atoms with Crippen molar-refractivity contribution in [3.8, 4) is 5.75 Å². The van der Waals surface area contributed by atoms with Crippen LogP contribution in [0.2, 0.25) is 0 Å². The van der Waals surface area contributed by atoms with Gasteiger partial charge in [-0.3, -0.25) is 0 Å². The molecule has 1 rings (SSSR count). The summed E-state index contributed by atoms with van der Waals surface area (Å²) in [5.74, 6) is -30.6. The van der Waals surface area contributed by atoms with E-state index in [2.05, 4.69) is 4.74 Å². The summed E-state index contributed by atoms with van der Waals surface area (Å²) in [4.78, 5) is -1.62. The van der Waals surface area contributed by atoms with Crippen molar-refractivity contribution in [1.29, 1.82) is 0 Å². The largest absolute Gasteiger partial charge is 1.00 e. The minimum Gasteiger partial charge on any atom is -0.744 e. The second-order valence-corrected chi connectivity index (χ2v) is 9.68. The number of rotatable bonds is 8. The van der Waals surface area contributed by atoms with Gasteiger partial charge < -0.3 is 9.29 Å². The Labute approximate surface area is 264 Å². The number of benzene rings is 1. The summed E-state index contributed by atoms with van der Waals surface area (Å²) in [5.41, 5.74) is -26.0. The molecule has 0 aliphatic carbocycles. The minimum absolute atomic E-state index is 0. The van der Waals surface area contributed by atoms with Gasteiger partial charge in [-0.15, -0.1) is 0 Å². The molecule has 0 aliphatic rings. The van der Waals surface area contributed by atoms with Gasteiger partial charge in [-0.1, -0.05) is 0 Å². The van der Waals surface area contributed by atoms with E-state index in [-0.39, 0.29) is 41.7 Å². The quantitative estimate of drug-likeness (QED) is 0.150. The van der Waals surface area contributed by atoms with Gasteiger partial charge in [0.05, 0.1) is 10.5 Å². The van der Waals surface area contributed by atoms with Gasteiger partial charge in [-0.2, -0.15) is 96.6 Å². The van der Waals surface area contributed by atoms with E-state index in [9.17, 15) is 105 Å².